The van der Waals surface area contributed by atoms with E-state index < -0.39 is 5.82 Å². The van der Waals surface area contributed by atoms with Gasteiger partial charge in [0.05, 0.1) is 10.6 Å². The minimum Gasteiger partial charge on any atom is -0.456 e. The SMILES string of the molecule is Cc1ccc(Oc2ccc(F)c(Cl)c2)c(C#N)c1. The molecule has 0 atom stereocenters. The first-order valence-electron chi connectivity index (χ1n) is 5.24. The highest BCUT2D eigenvalue weighted by atomic mass is 35.5. The summed E-state index contributed by atoms with van der Waals surface area (Å²) in [6.45, 7) is 1.89. The van der Waals surface area contributed by atoms with E-state index in [4.69, 9.17) is 21.6 Å². The van der Waals surface area contributed by atoms with Crippen LogP contribution in [0.15, 0.2) is 36.4 Å². The Hall–Kier alpha value is -2.05. The standard InChI is InChI=1S/C14H9ClFNO/c1-9-2-5-14(10(6-9)8-17)18-11-3-4-13(16)12(15)7-11/h2-7H,1H3. The maximum Gasteiger partial charge on any atom is 0.145 e. The minimum atomic E-state index is -0.506. The number of nitrogens with zero attached hydrogens (tertiary/aromatic N) is 1. The summed E-state index contributed by atoms with van der Waals surface area (Å²) in [6, 6.07) is 11.4. The molecular weight excluding hydrogens is 253 g/mol. The van der Waals surface area contributed by atoms with Crippen LogP contribution in [0.1, 0.15) is 11.1 Å². The van der Waals surface area contributed by atoms with Crippen molar-refractivity contribution in [1.29, 1.82) is 5.26 Å². The smallest absolute Gasteiger partial charge is 0.145 e. The number of hydrogen-bond acceptors (Lipinski definition) is 2. The van der Waals surface area contributed by atoms with Crippen LogP contribution in [0.4, 0.5) is 4.39 Å². The van der Waals surface area contributed by atoms with Crippen molar-refractivity contribution in [2.75, 3.05) is 0 Å². The number of hydrogen-bond donors (Lipinski definition) is 0. The Bertz CT molecular complexity index is 634. The first kappa shape index (κ1) is 12.4. The molecule has 0 heterocycles. The van der Waals surface area contributed by atoms with Gasteiger partial charge in [0.25, 0.3) is 0 Å². The van der Waals surface area contributed by atoms with Gasteiger partial charge in [-0.05, 0) is 36.8 Å². The van der Waals surface area contributed by atoms with Crippen LogP contribution in [0.3, 0.4) is 0 Å². The van der Waals surface area contributed by atoms with Crippen LogP contribution in [-0.2, 0) is 0 Å². The Morgan fingerprint density at radius 2 is 2.00 bits per heavy atom. The lowest BCUT2D eigenvalue weighted by molar-refractivity contribution is 0.479. The number of benzene rings is 2. The Balaban J connectivity index is 2.34. The topological polar surface area (TPSA) is 33.0 Å². The summed E-state index contributed by atoms with van der Waals surface area (Å²) in [5, 5.41) is 8.99. The molecule has 0 aliphatic heterocycles. The first-order valence-corrected chi connectivity index (χ1v) is 5.61. The monoisotopic (exact) mass is 261 g/mol. The number of aryl methyl sites for hydroxylation is 1. The predicted octanol–water partition coefficient (Wildman–Crippen LogP) is 4.45. The molecule has 0 aromatic heterocycles. The minimum absolute atomic E-state index is 0.0156. The molecule has 0 amide bonds. The largest absolute Gasteiger partial charge is 0.456 e. The van der Waals surface area contributed by atoms with Gasteiger partial charge in [-0.15, -0.1) is 0 Å². The van der Waals surface area contributed by atoms with Crippen LogP contribution in [0, 0.1) is 24.1 Å². The summed E-state index contributed by atoms with van der Waals surface area (Å²) >= 11 is 5.66. The van der Waals surface area contributed by atoms with Crippen molar-refractivity contribution >= 4 is 11.6 Å². The van der Waals surface area contributed by atoms with E-state index in [9.17, 15) is 4.39 Å². The van der Waals surface area contributed by atoms with Gasteiger partial charge < -0.3 is 4.74 Å². The number of nitriles is 1. The van der Waals surface area contributed by atoms with Crippen molar-refractivity contribution in [2.24, 2.45) is 0 Å². The molecule has 2 aromatic carbocycles. The highest BCUT2D eigenvalue weighted by Crippen LogP contribution is 2.28. The van der Waals surface area contributed by atoms with E-state index in [-0.39, 0.29) is 5.02 Å². The van der Waals surface area contributed by atoms with Gasteiger partial charge in [-0.3, -0.25) is 0 Å². The molecule has 0 spiro atoms. The maximum absolute atomic E-state index is 13.0. The zero-order chi connectivity index (χ0) is 13.1. The van der Waals surface area contributed by atoms with Crippen LogP contribution in [0.2, 0.25) is 5.02 Å². The summed E-state index contributed by atoms with van der Waals surface area (Å²) in [7, 11) is 0. The molecule has 0 saturated heterocycles. The van der Waals surface area contributed by atoms with E-state index in [0.29, 0.717) is 17.1 Å². The van der Waals surface area contributed by atoms with Crippen molar-refractivity contribution in [3.8, 4) is 17.6 Å². The third-order valence-corrected chi connectivity index (χ3v) is 2.66. The van der Waals surface area contributed by atoms with Gasteiger partial charge in [0.1, 0.15) is 23.4 Å². The average molecular weight is 262 g/mol. The fraction of sp³-hybridized carbons (Fsp3) is 0.0714. The number of halogens is 2. The van der Waals surface area contributed by atoms with Gasteiger partial charge in [-0.2, -0.15) is 5.26 Å². The first-order chi connectivity index (χ1) is 8.60. The van der Waals surface area contributed by atoms with Crippen LogP contribution in [0.5, 0.6) is 11.5 Å². The van der Waals surface area contributed by atoms with Crippen LogP contribution >= 0.6 is 11.6 Å². The van der Waals surface area contributed by atoms with Crippen molar-refractivity contribution in [2.45, 2.75) is 6.92 Å². The van der Waals surface area contributed by atoms with Gasteiger partial charge in [0, 0.05) is 6.07 Å². The number of rotatable bonds is 2. The molecule has 0 aliphatic rings. The number of ether oxygens (including phenoxy) is 1. The molecule has 0 unspecified atom stereocenters. The van der Waals surface area contributed by atoms with Crippen LogP contribution in [-0.4, -0.2) is 0 Å². The fourth-order valence-corrected chi connectivity index (χ4v) is 1.66. The molecule has 0 aliphatic carbocycles. The fourth-order valence-electron chi connectivity index (χ4n) is 1.49. The van der Waals surface area contributed by atoms with E-state index in [1.165, 1.54) is 18.2 Å². The Morgan fingerprint density at radius 1 is 1.22 bits per heavy atom. The Morgan fingerprint density at radius 3 is 2.67 bits per heavy atom. The molecule has 2 nitrogen and oxygen atoms in total. The third kappa shape index (κ3) is 2.61. The lowest BCUT2D eigenvalue weighted by atomic mass is 10.1. The highest BCUT2D eigenvalue weighted by molar-refractivity contribution is 6.30. The molecule has 2 rings (SSSR count). The van der Waals surface area contributed by atoms with Crippen molar-refractivity contribution in [3.63, 3.8) is 0 Å². The Labute approximate surface area is 109 Å². The molecule has 90 valence electrons. The van der Waals surface area contributed by atoms with Crippen LogP contribution < -0.4 is 4.74 Å². The molecule has 0 radical (unpaired) electrons. The van der Waals surface area contributed by atoms with Gasteiger partial charge >= 0.3 is 0 Å². The lowest BCUT2D eigenvalue weighted by Crippen LogP contribution is -1.90. The highest BCUT2D eigenvalue weighted by Gasteiger charge is 2.07. The molecule has 0 bridgehead atoms. The molecular formula is C14H9ClFNO. The quantitative estimate of drug-likeness (QED) is 0.800. The van der Waals surface area contributed by atoms with E-state index >= 15 is 0 Å². The molecule has 0 N–H and O–H groups in total. The zero-order valence-electron chi connectivity index (χ0n) is 9.58. The van der Waals surface area contributed by atoms with Crippen molar-refractivity contribution < 1.29 is 9.13 Å². The molecule has 2 aromatic rings. The lowest BCUT2D eigenvalue weighted by Gasteiger charge is -2.08. The van der Waals surface area contributed by atoms with Crippen molar-refractivity contribution in [3.05, 3.63) is 58.4 Å². The summed E-state index contributed by atoms with van der Waals surface area (Å²) in [5.41, 5.74) is 1.39. The maximum atomic E-state index is 13.0. The zero-order valence-corrected chi connectivity index (χ0v) is 10.3. The van der Waals surface area contributed by atoms with Gasteiger partial charge in [-0.1, -0.05) is 17.7 Å². The summed E-state index contributed by atoms with van der Waals surface area (Å²) in [4.78, 5) is 0. The van der Waals surface area contributed by atoms with E-state index in [1.54, 1.807) is 12.1 Å². The summed E-state index contributed by atoms with van der Waals surface area (Å²) < 4.78 is 18.5. The Kier molecular flexibility index (Phi) is 3.50. The molecule has 4 heteroatoms. The second kappa shape index (κ2) is 5.07. The summed E-state index contributed by atoms with van der Waals surface area (Å²) in [6.07, 6.45) is 0. The molecule has 0 fully saturated rings. The third-order valence-electron chi connectivity index (χ3n) is 2.37. The van der Waals surface area contributed by atoms with Gasteiger partial charge in [0.15, 0.2) is 0 Å². The van der Waals surface area contributed by atoms with Crippen molar-refractivity contribution in [1.82, 2.24) is 0 Å². The molecule has 18 heavy (non-hydrogen) atoms. The van der Waals surface area contributed by atoms with Gasteiger partial charge in [-0.25, -0.2) is 4.39 Å². The normalized spacial score (nSPS) is 9.89. The van der Waals surface area contributed by atoms with Crippen LogP contribution in [0.25, 0.3) is 0 Å². The van der Waals surface area contributed by atoms with E-state index in [0.717, 1.165) is 5.56 Å². The predicted molar refractivity (Wildman–Crippen MR) is 67.4 cm³/mol. The van der Waals surface area contributed by atoms with E-state index in [1.807, 2.05) is 13.0 Å². The van der Waals surface area contributed by atoms with E-state index in [2.05, 4.69) is 6.07 Å². The summed E-state index contributed by atoms with van der Waals surface area (Å²) in [5.74, 6) is 0.306. The second-order valence-corrected chi connectivity index (χ2v) is 4.20. The molecule has 0 saturated carbocycles. The van der Waals surface area contributed by atoms with Gasteiger partial charge in [0.2, 0.25) is 0 Å². The second-order valence-electron chi connectivity index (χ2n) is 3.79. The average Bonchev–Trinajstić information content (AvgIpc) is 2.36.